The summed E-state index contributed by atoms with van der Waals surface area (Å²) >= 11 is 1.76. The van der Waals surface area contributed by atoms with E-state index in [0.29, 0.717) is 13.2 Å². The minimum absolute atomic E-state index is 0.657. The molecule has 1 aromatic carbocycles. The molecule has 0 atom stereocenters. The Hall–Kier alpha value is -1.23. The lowest BCUT2D eigenvalue weighted by molar-refractivity contribution is 0.202. The van der Waals surface area contributed by atoms with Gasteiger partial charge in [0.1, 0.15) is 0 Å². The predicted octanol–water partition coefficient (Wildman–Crippen LogP) is 3.12. The second-order valence-electron chi connectivity index (χ2n) is 4.96. The Bertz CT molecular complexity index is 578. The SMILES string of the molecule is COCCc1nc(-c2ccc(C)c(C)c2)c(CCN)s1. The molecule has 0 saturated carbocycles. The van der Waals surface area contributed by atoms with Crippen LogP contribution in [0.5, 0.6) is 0 Å². The average molecular weight is 290 g/mol. The van der Waals surface area contributed by atoms with Gasteiger partial charge in [0.15, 0.2) is 0 Å². The van der Waals surface area contributed by atoms with Gasteiger partial charge in [0.25, 0.3) is 0 Å². The van der Waals surface area contributed by atoms with Crippen molar-refractivity contribution in [2.75, 3.05) is 20.3 Å². The molecule has 0 radical (unpaired) electrons. The first-order valence-corrected chi connectivity index (χ1v) is 7.72. The standard InChI is InChI=1S/C16H22N2OS/c1-11-4-5-13(10-12(11)2)16-14(6-8-17)20-15(18-16)7-9-19-3/h4-5,10H,6-9,17H2,1-3H3. The van der Waals surface area contributed by atoms with E-state index in [9.17, 15) is 0 Å². The van der Waals surface area contributed by atoms with Gasteiger partial charge in [0.05, 0.1) is 17.3 Å². The number of hydrogen-bond donors (Lipinski definition) is 1. The number of methoxy groups -OCH3 is 1. The lowest BCUT2D eigenvalue weighted by atomic mass is 10.0. The summed E-state index contributed by atoms with van der Waals surface area (Å²) in [5, 5.41) is 1.13. The van der Waals surface area contributed by atoms with Crippen molar-refractivity contribution in [2.24, 2.45) is 5.73 Å². The maximum atomic E-state index is 5.73. The van der Waals surface area contributed by atoms with Crippen LogP contribution in [-0.2, 0) is 17.6 Å². The molecule has 0 amide bonds. The van der Waals surface area contributed by atoms with E-state index in [1.165, 1.54) is 21.6 Å². The molecule has 0 unspecified atom stereocenters. The number of nitrogens with zero attached hydrogens (tertiary/aromatic N) is 1. The molecule has 20 heavy (non-hydrogen) atoms. The third-order valence-corrected chi connectivity index (χ3v) is 4.59. The van der Waals surface area contributed by atoms with Crippen molar-refractivity contribution < 1.29 is 4.74 Å². The van der Waals surface area contributed by atoms with Crippen molar-refractivity contribution in [3.8, 4) is 11.3 Å². The van der Waals surface area contributed by atoms with Crippen molar-refractivity contribution in [3.63, 3.8) is 0 Å². The number of aromatic nitrogens is 1. The molecule has 2 rings (SSSR count). The number of aryl methyl sites for hydroxylation is 2. The van der Waals surface area contributed by atoms with Crippen LogP contribution in [0.3, 0.4) is 0 Å². The molecule has 0 saturated heterocycles. The third-order valence-electron chi connectivity index (χ3n) is 3.41. The summed E-state index contributed by atoms with van der Waals surface area (Å²) in [6, 6.07) is 6.52. The van der Waals surface area contributed by atoms with Gasteiger partial charge in [0.2, 0.25) is 0 Å². The van der Waals surface area contributed by atoms with Gasteiger partial charge in [-0.3, -0.25) is 0 Å². The minimum atomic E-state index is 0.657. The smallest absolute Gasteiger partial charge is 0.0958 e. The van der Waals surface area contributed by atoms with E-state index in [4.69, 9.17) is 15.5 Å². The van der Waals surface area contributed by atoms with Gasteiger partial charge < -0.3 is 10.5 Å². The predicted molar refractivity (Wildman–Crippen MR) is 85.4 cm³/mol. The molecule has 0 spiro atoms. The number of hydrogen-bond acceptors (Lipinski definition) is 4. The van der Waals surface area contributed by atoms with Crippen LogP contribution >= 0.6 is 11.3 Å². The molecule has 0 fully saturated rings. The lowest BCUT2D eigenvalue weighted by Crippen LogP contribution is -2.02. The highest BCUT2D eigenvalue weighted by molar-refractivity contribution is 7.12. The lowest BCUT2D eigenvalue weighted by Gasteiger charge is -2.05. The Balaban J connectivity index is 2.36. The highest BCUT2D eigenvalue weighted by Gasteiger charge is 2.13. The molecule has 0 aliphatic heterocycles. The van der Waals surface area contributed by atoms with Crippen molar-refractivity contribution in [2.45, 2.75) is 26.7 Å². The zero-order chi connectivity index (χ0) is 14.5. The zero-order valence-corrected chi connectivity index (χ0v) is 13.2. The van der Waals surface area contributed by atoms with Crippen molar-refractivity contribution >= 4 is 11.3 Å². The van der Waals surface area contributed by atoms with E-state index in [1.807, 2.05) is 0 Å². The van der Waals surface area contributed by atoms with Gasteiger partial charge in [0, 0.05) is 24.0 Å². The molecule has 2 aromatic rings. The maximum Gasteiger partial charge on any atom is 0.0958 e. The minimum Gasteiger partial charge on any atom is -0.384 e. The fourth-order valence-electron chi connectivity index (χ4n) is 2.11. The highest BCUT2D eigenvalue weighted by Crippen LogP contribution is 2.30. The summed E-state index contributed by atoms with van der Waals surface area (Å²) in [4.78, 5) is 6.07. The van der Waals surface area contributed by atoms with Gasteiger partial charge in [-0.15, -0.1) is 11.3 Å². The Morgan fingerprint density at radius 2 is 2.00 bits per heavy atom. The second-order valence-corrected chi connectivity index (χ2v) is 6.13. The Morgan fingerprint density at radius 3 is 2.65 bits per heavy atom. The van der Waals surface area contributed by atoms with Crippen molar-refractivity contribution in [1.29, 1.82) is 0 Å². The summed E-state index contributed by atoms with van der Waals surface area (Å²) in [6.45, 7) is 5.64. The fourth-order valence-corrected chi connectivity index (χ4v) is 3.20. The largest absolute Gasteiger partial charge is 0.384 e. The van der Waals surface area contributed by atoms with Gasteiger partial charge in [-0.25, -0.2) is 4.98 Å². The van der Waals surface area contributed by atoms with Crippen LogP contribution in [-0.4, -0.2) is 25.2 Å². The first-order chi connectivity index (χ1) is 9.65. The Labute approximate surface area is 124 Å². The van der Waals surface area contributed by atoms with Gasteiger partial charge >= 0.3 is 0 Å². The topological polar surface area (TPSA) is 48.1 Å². The van der Waals surface area contributed by atoms with Gasteiger partial charge in [-0.1, -0.05) is 12.1 Å². The zero-order valence-electron chi connectivity index (χ0n) is 12.4. The van der Waals surface area contributed by atoms with E-state index in [1.54, 1.807) is 18.4 Å². The Morgan fingerprint density at radius 1 is 1.20 bits per heavy atom. The normalized spacial score (nSPS) is 11.0. The van der Waals surface area contributed by atoms with Crippen LogP contribution in [0.4, 0.5) is 0 Å². The molecule has 2 N–H and O–H groups in total. The maximum absolute atomic E-state index is 5.73. The molecule has 0 bridgehead atoms. The van der Waals surface area contributed by atoms with E-state index in [2.05, 4.69) is 32.0 Å². The van der Waals surface area contributed by atoms with Crippen LogP contribution in [0.15, 0.2) is 18.2 Å². The van der Waals surface area contributed by atoms with Crippen LogP contribution in [0.25, 0.3) is 11.3 Å². The first kappa shape index (κ1) is 15.2. The molecule has 0 aliphatic carbocycles. The molecule has 108 valence electrons. The molecule has 1 aromatic heterocycles. The summed E-state index contributed by atoms with van der Waals surface area (Å²) in [5.41, 5.74) is 10.6. The van der Waals surface area contributed by atoms with E-state index < -0.39 is 0 Å². The molecule has 1 heterocycles. The average Bonchev–Trinajstić information content (AvgIpc) is 2.83. The third kappa shape index (κ3) is 3.45. The van der Waals surface area contributed by atoms with Gasteiger partial charge in [-0.2, -0.15) is 0 Å². The van der Waals surface area contributed by atoms with Gasteiger partial charge in [-0.05, 0) is 44.0 Å². The number of benzene rings is 1. The molecular weight excluding hydrogens is 268 g/mol. The van der Waals surface area contributed by atoms with Crippen molar-refractivity contribution in [1.82, 2.24) is 4.98 Å². The van der Waals surface area contributed by atoms with E-state index >= 15 is 0 Å². The van der Waals surface area contributed by atoms with Crippen LogP contribution in [0.1, 0.15) is 21.0 Å². The monoisotopic (exact) mass is 290 g/mol. The summed E-state index contributed by atoms with van der Waals surface area (Å²) in [7, 11) is 1.72. The summed E-state index contributed by atoms with van der Waals surface area (Å²) in [6.07, 6.45) is 1.75. The van der Waals surface area contributed by atoms with E-state index in [0.717, 1.165) is 23.5 Å². The second kappa shape index (κ2) is 6.97. The van der Waals surface area contributed by atoms with E-state index in [-0.39, 0.29) is 0 Å². The molecular formula is C16H22N2OS. The molecule has 0 aliphatic rings. The summed E-state index contributed by atoms with van der Waals surface area (Å²) < 4.78 is 5.14. The quantitative estimate of drug-likeness (QED) is 0.889. The number of ether oxygens (including phenoxy) is 1. The van der Waals surface area contributed by atoms with Crippen LogP contribution in [0, 0.1) is 13.8 Å². The van der Waals surface area contributed by atoms with Crippen LogP contribution in [0.2, 0.25) is 0 Å². The molecule has 3 nitrogen and oxygen atoms in total. The number of rotatable bonds is 6. The van der Waals surface area contributed by atoms with Crippen molar-refractivity contribution in [3.05, 3.63) is 39.2 Å². The number of nitrogens with two attached hydrogens (primary N) is 1. The number of thiazole rings is 1. The first-order valence-electron chi connectivity index (χ1n) is 6.91. The van der Waals surface area contributed by atoms with Crippen LogP contribution < -0.4 is 5.73 Å². The highest BCUT2D eigenvalue weighted by atomic mass is 32.1. The summed E-state index contributed by atoms with van der Waals surface area (Å²) in [5.74, 6) is 0. The fraction of sp³-hybridized carbons (Fsp3) is 0.438. The Kier molecular flexibility index (Phi) is 5.29. The molecule has 4 heteroatoms.